The maximum absolute atomic E-state index is 13.1. The largest absolute Gasteiger partial charge is 0.476 e. The molecule has 2 aromatic heterocycles. The summed E-state index contributed by atoms with van der Waals surface area (Å²) < 4.78 is 18.4. The van der Waals surface area contributed by atoms with Crippen LogP contribution in [0, 0.1) is 5.82 Å². The average molecular weight is 296 g/mol. The molecule has 0 saturated heterocycles. The maximum atomic E-state index is 13.1. The number of anilines is 1. The highest BCUT2D eigenvalue weighted by Crippen LogP contribution is 2.22. The number of pyridine rings is 2. The first-order chi connectivity index (χ1) is 9.61. The number of nitrogens with zero attached hydrogens (tertiary/aromatic N) is 2. The van der Waals surface area contributed by atoms with Gasteiger partial charge in [0.15, 0.2) is 0 Å². The minimum Gasteiger partial charge on any atom is -0.476 e. The molecule has 0 atom stereocenters. The van der Waals surface area contributed by atoms with Gasteiger partial charge in [0.25, 0.3) is 5.91 Å². The van der Waals surface area contributed by atoms with E-state index in [-0.39, 0.29) is 16.6 Å². The standard InChI is InChI=1S/C13H11ClFN3O2/c1-2-20-13-10(4-3-5-16-13)18-12(19)9-6-8(15)7-17-11(9)14/h3-7H,2H2,1H3,(H,18,19). The lowest BCUT2D eigenvalue weighted by Gasteiger charge is -2.10. The van der Waals surface area contributed by atoms with Crippen molar-refractivity contribution in [2.24, 2.45) is 0 Å². The summed E-state index contributed by atoms with van der Waals surface area (Å²) in [4.78, 5) is 19.6. The zero-order valence-corrected chi connectivity index (χ0v) is 11.3. The van der Waals surface area contributed by atoms with Gasteiger partial charge in [-0.05, 0) is 25.1 Å². The number of ether oxygens (including phenoxy) is 1. The number of aromatic nitrogens is 2. The molecule has 2 heterocycles. The fraction of sp³-hybridized carbons (Fsp3) is 0.154. The van der Waals surface area contributed by atoms with Crippen LogP contribution < -0.4 is 10.1 Å². The Morgan fingerprint density at radius 1 is 1.50 bits per heavy atom. The van der Waals surface area contributed by atoms with Crippen molar-refractivity contribution in [2.75, 3.05) is 11.9 Å². The second-order valence-corrected chi connectivity index (χ2v) is 4.09. The van der Waals surface area contributed by atoms with Gasteiger partial charge in [0, 0.05) is 6.20 Å². The molecule has 0 saturated carbocycles. The topological polar surface area (TPSA) is 64.1 Å². The molecule has 7 heteroatoms. The monoisotopic (exact) mass is 295 g/mol. The predicted octanol–water partition coefficient (Wildman–Crippen LogP) is 2.92. The Kier molecular flexibility index (Phi) is 4.47. The molecule has 2 rings (SSSR count). The van der Waals surface area contributed by atoms with Crippen molar-refractivity contribution < 1.29 is 13.9 Å². The van der Waals surface area contributed by atoms with Crippen molar-refractivity contribution in [1.82, 2.24) is 9.97 Å². The first-order valence-electron chi connectivity index (χ1n) is 5.82. The predicted molar refractivity (Wildman–Crippen MR) is 72.6 cm³/mol. The third-order valence-corrected chi connectivity index (χ3v) is 2.65. The molecular weight excluding hydrogens is 285 g/mol. The van der Waals surface area contributed by atoms with E-state index in [1.54, 1.807) is 19.1 Å². The highest BCUT2D eigenvalue weighted by molar-refractivity contribution is 6.33. The molecule has 0 aliphatic heterocycles. The number of carbonyl (C=O) groups excluding carboxylic acids is 1. The smallest absolute Gasteiger partial charge is 0.259 e. The number of hydrogen-bond acceptors (Lipinski definition) is 4. The van der Waals surface area contributed by atoms with Gasteiger partial charge in [-0.3, -0.25) is 4.79 Å². The van der Waals surface area contributed by atoms with E-state index in [1.165, 1.54) is 6.20 Å². The van der Waals surface area contributed by atoms with E-state index in [4.69, 9.17) is 16.3 Å². The van der Waals surface area contributed by atoms with Gasteiger partial charge in [-0.25, -0.2) is 14.4 Å². The van der Waals surface area contributed by atoms with Crippen molar-refractivity contribution in [2.45, 2.75) is 6.92 Å². The van der Waals surface area contributed by atoms with Gasteiger partial charge in [0.05, 0.1) is 18.4 Å². The Morgan fingerprint density at radius 2 is 2.30 bits per heavy atom. The Labute approximate surface area is 119 Å². The van der Waals surface area contributed by atoms with E-state index in [9.17, 15) is 9.18 Å². The van der Waals surface area contributed by atoms with Crippen LogP contribution in [0.2, 0.25) is 5.15 Å². The van der Waals surface area contributed by atoms with Crippen LogP contribution in [-0.2, 0) is 0 Å². The van der Waals surface area contributed by atoms with E-state index in [1.807, 2.05) is 0 Å². The van der Waals surface area contributed by atoms with Crippen LogP contribution >= 0.6 is 11.6 Å². The third kappa shape index (κ3) is 3.21. The van der Waals surface area contributed by atoms with Crippen LogP contribution in [0.1, 0.15) is 17.3 Å². The van der Waals surface area contributed by atoms with Gasteiger partial charge in [0.1, 0.15) is 16.7 Å². The van der Waals surface area contributed by atoms with Crippen LogP contribution in [0.25, 0.3) is 0 Å². The van der Waals surface area contributed by atoms with E-state index in [0.717, 1.165) is 12.3 Å². The molecule has 1 N–H and O–H groups in total. The van der Waals surface area contributed by atoms with Crippen molar-refractivity contribution in [3.8, 4) is 5.88 Å². The van der Waals surface area contributed by atoms with Crippen molar-refractivity contribution in [3.05, 3.63) is 47.1 Å². The molecule has 0 aromatic carbocycles. The molecular formula is C13H11ClFN3O2. The van der Waals surface area contributed by atoms with Crippen LogP contribution in [0.4, 0.5) is 10.1 Å². The fourth-order valence-corrected chi connectivity index (χ4v) is 1.70. The fourth-order valence-electron chi connectivity index (χ4n) is 1.51. The average Bonchev–Trinajstić information content (AvgIpc) is 2.44. The molecule has 0 spiro atoms. The quantitative estimate of drug-likeness (QED) is 0.881. The second-order valence-electron chi connectivity index (χ2n) is 3.74. The van der Waals surface area contributed by atoms with Crippen LogP contribution in [0.5, 0.6) is 5.88 Å². The van der Waals surface area contributed by atoms with E-state index < -0.39 is 11.7 Å². The number of nitrogens with one attached hydrogen (secondary N) is 1. The van der Waals surface area contributed by atoms with Crippen molar-refractivity contribution in [1.29, 1.82) is 0 Å². The van der Waals surface area contributed by atoms with Crippen LogP contribution in [0.3, 0.4) is 0 Å². The van der Waals surface area contributed by atoms with Gasteiger partial charge >= 0.3 is 0 Å². The molecule has 0 unspecified atom stereocenters. The lowest BCUT2D eigenvalue weighted by atomic mass is 10.2. The molecule has 0 bridgehead atoms. The zero-order chi connectivity index (χ0) is 14.5. The summed E-state index contributed by atoms with van der Waals surface area (Å²) in [5.74, 6) is -0.949. The number of rotatable bonds is 4. The Balaban J connectivity index is 2.26. The summed E-state index contributed by atoms with van der Waals surface area (Å²) in [6, 6.07) is 4.28. The lowest BCUT2D eigenvalue weighted by Crippen LogP contribution is -2.14. The van der Waals surface area contributed by atoms with Gasteiger partial charge in [-0.2, -0.15) is 0 Å². The summed E-state index contributed by atoms with van der Waals surface area (Å²) in [7, 11) is 0. The molecule has 0 aliphatic carbocycles. The molecule has 0 radical (unpaired) electrons. The molecule has 5 nitrogen and oxygen atoms in total. The summed E-state index contributed by atoms with van der Waals surface area (Å²) >= 11 is 5.77. The number of halogens is 2. The Bertz CT molecular complexity index is 637. The van der Waals surface area contributed by atoms with Crippen LogP contribution in [-0.4, -0.2) is 22.5 Å². The van der Waals surface area contributed by atoms with Gasteiger partial charge < -0.3 is 10.1 Å². The summed E-state index contributed by atoms with van der Waals surface area (Å²) in [6.45, 7) is 2.20. The minimum absolute atomic E-state index is 0.0574. The van der Waals surface area contributed by atoms with Gasteiger partial charge in [-0.1, -0.05) is 11.6 Å². The summed E-state index contributed by atoms with van der Waals surface area (Å²) in [5, 5.41) is 2.48. The highest BCUT2D eigenvalue weighted by Gasteiger charge is 2.15. The summed E-state index contributed by atoms with van der Waals surface area (Å²) in [5.41, 5.74) is 0.317. The first kappa shape index (κ1) is 14.2. The van der Waals surface area contributed by atoms with E-state index in [2.05, 4.69) is 15.3 Å². The molecule has 1 amide bonds. The molecule has 20 heavy (non-hydrogen) atoms. The number of carbonyl (C=O) groups is 1. The molecule has 2 aromatic rings. The highest BCUT2D eigenvalue weighted by atomic mass is 35.5. The SMILES string of the molecule is CCOc1ncccc1NC(=O)c1cc(F)cnc1Cl. The lowest BCUT2D eigenvalue weighted by molar-refractivity contribution is 0.102. The Morgan fingerprint density at radius 3 is 3.05 bits per heavy atom. The van der Waals surface area contributed by atoms with E-state index in [0.29, 0.717) is 12.3 Å². The molecule has 0 aliphatic rings. The van der Waals surface area contributed by atoms with Gasteiger partial charge in [-0.15, -0.1) is 0 Å². The van der Waals surface area contributed by atoms with Gasteiger partial charge in [0.2, 0.25) is 5.88 Å². The second kappa shape index (κ2) is 6.29. The Hall–Kier alpha value is -2.21. The van der Waals surface area contributed by atoms with Crippen molar-refractivity contribution >= 4 is 23.2 Å². The molecule has 104 valence electrons. The summed E-state index contributed by atoms with van der Waals surface area (Å²) in [6.07, 6.45) is 2.48. The normalized spacial score (nSPS) is 10.2. The zero-order valence-electron chi connectivity index (χ0n) is 10.6. The molecule has 0 fully saturated rings. The third-order valence-electron chi connectivity index (χ3n) is 2.35. The first-order valence-corrected chi connectivity index (χ1v) is 6.19. The minimum atomic E-state index is -0.643. The van der Waals surface area contributed by atoms with Crippen LogP contribution in [0.15, 0.2) is 30.6 Å². The number of amides is 1. The van der Waals surface area contributed by atoms with E-state index >= 15 is 0 Å². The number of hydrogen-bond donors (Lipinski definition) is 1. The maximum Gasteiger partial charge on any atom is 0.259 e. The van der Waals surface area contributed by atoms with Crippen molar-refractivity contribution in [3.63, 3.8) is 0 Å².